The Bertz CT molecular complexity index is 558. The largest absolute Gasteiger partial charge is 0.479 e. The Morgan fingerprint density at radius 1 is 0.947 bits per heavy atom. The Morgan fingerprint density at radius 3 is 1.89 bits per heavy atom. The minimum atomic E-state index is -0.885. The van der Waals surface area contributed by atoms with E-state index in [1.54, 1.807) is 0 Å². The lowest BCUT2D eigenvalue weighted by atomic mass is 10.0. The number of aryl methyl sites for hydroxylation is 2. The lowest BCUT2D eigenvalue weighted by Gasteiger charge is -2.16. The summed E-state index contributed by atoms with van der Waals surface area (Å²) in [6, 6.07) is 14.5. The fraction of sp³-hybridized carbons (Fsp3) is 0.188. The highest BCUT2D eigenvalue weighted by molar-refractivity contribution is 5.79. The van der Waals surface area contributed by atoms with Gasteiger partial charge >= 0.3 is 5.97 Å². The van der Waals surface area contributed by atoms with E-state index in [1.807, 2.05) is 62.4 Å². The van der Waals surface area contributed by atoms with Gasteiger partial charge in [-0.2, -0.15) is 0 Å². The van der Waals surface area contributed by atoms with Gasteiger partial charge in [-0.15, -0.1) is 0 Å². The minimum absolute atomic E-state index is 0.733. The van der Waals surface area contributed by atoms with Gasteiger partial charge in [0.2, 0.25) is 0 Å². The van der Waals surface area contributed by atoms with Crippen LogP contribution in [0, 0.1) is 13.8 Å². The van der Waals surface area contributed by atoms with Gasteiger partial charge in [-0.25, -0.2) is 4.79 Å². The zero-order valence-electron chi connectivity index (χ0n) is 11.1. The Hall–Kier alpha value is -2.29. The maximum atomic E-state index is 11.4. The highest BCUT2D eigenvalue weighted by Crippen LogP contribution is 2.20. The third-order valence-electron chi connectivity index (χ3n) is 3.02. The van der Waals surface area contributed by atoms with Crippen molar-refractivity contribution in [3.8, 4) is 0 Å². The normalized spacial score (nSPS) is 11.9. The van der Waals surface area contributed by atoms with Crippen molar-refractivity contribution >= 4 is 11.7 Å². The van der Waals surface area contributed by atoms with Crippen LogP contribution in [-0.2, 0) is 4.79 Å². The van der Waals surface area contributed by atoms with Gasteiger partial charge in [-0.3, -0.25) is 0 Å². The molecule has 19 heavy (non-hydrogen) atoms. The molecule has 2 aromatic rings. The second-order valence-corrected chi connectivity index (χ2v) is 4.69. The monoisotopic (exact) mass is 255 g/mol. The molecule has 0 heterocycles. The highest BCUT2D eigenvalue weighted by Gasteiger charge is 2.19. The van der Waals surface area contributed by atoms with Gasteiger partial charge in [-0.05, 0) is 31.5 Å². The van der Waals surface area contributed by atoms with Crippen LogP contribution in [0.5, 0.6) is 0 Å². The van der Waals surface area contributed by atoms with E-state index in [0.29, 0.717) is 0 Å². The first-order valence-electron chi connectivity index (χ1n) is 6.19. The van der Waals surface area contributed by atoms with Gasteiger partial charge in [0.15, 0.2) is 6.04 Å². The first-order valence-corrected chi connectivity index (χ1v) is 6.19. The summed E-state index contributed by atoms with van der Waals surface area (Å²) in [5.74, 6) is -0.885. The van der Waals surface area contributed by atoms with Crippen molar-refractivity contribution in [3.63, 3.8) is 0 Å². The third-order valence-corrected chi connectivity index (χ3v) is 3.02. The summed E-state index contributed by atoms with van der Waals surface area (Å²) in [5, 5.41) is 12.4. The maximum absolute atomic E-state index is 11.4. The maximum Gasteiger partial charge on any atom is 0.330 e. The standard InChI is InChI=1S/C16H17NO2/c1-11-3-7-13(8-4-11)15(16(18)19)17-14-9-5-12(2)6-10-14/h3-10,15,17H,1-2H3,(H,18,19)/t15-/m1/s1. The van der Waals surface area contributed by atoms with E-state index in [0.717, 1.165) is 22.4 Å². The highest BCUT2D eigenvalue weighted by atomic mass is 16.4. The Morgan fingerprint density at radius 2 is 1.42 bits per heavy atom. The molecule has 0 unspecified atom stereocenters. The average molecular weight is 255 g/mol. The summed E-state index contributed by atoms with van der Waals surface area (Å²) in [6.45, 7) is 3.98. The van der Waals surface area contributed by atoms with Crippen LogP contribution in [0.25, 0.3) is 0 Å². The van der Waals surface area contributed by atoms with Crippen LogP contribution in [0.2, 0.25) is 0 Å². The van der Waals surface area contributed by atoms with Crippen LogP contribution >= 0.6 is 0 Å². The van der Waals surface area contributed by atoms with E-state index < -0.39 is 12.0 Å². The van der Waals surface area contributed by atoms with Crippen molar-refractivity contribution < 1.29 is 9.90 Å². The predicted octanol–water partition coefficient (Wildman–Crippen LogP) is 3.54. The molecule has 2 N–H and O–H groups in total. The molecule has 0 saturated heterocycles. The zero-order chi connectivity index (χ0) is 13.8. The van der Waals surface area contributed by atoms with Crippen molar-refractivity contribution in [2.75, 3.05) is 5.32 Å². The molecule has 3 nitrogen and oxygen atoms in total. The topological polar surface area (TPSA) is 49.3 Å². The molecule has 98 valence electrons. The molecule has 0 fully saturated rings. The quantitative estimate of drug-likeness (QED) is 0.878. The molecule has 3 heteroatoms. The Balaban J connectivity index is 2.23. The van der Waals surface area contributed by atoms with Gasteiger partial charge in [0.25, 0.3) is 0 Å². The molecule has 1 atom stereocenters. The molecule has 2 aromatic carbocycles. The van der Waals surface area contributed by atoms with Crippen molar-refractivity contribution in [3.05, 3.63) is 65.2 Å². The summed E-state index contributed by atoms with van der Waals surface area (Å²) in [5.41, 5.74) is 3.81. The number of carboxylic acids is 1. The lowest BCUT2D eigenvalue weighted by molar-refractivity contribution is -0.138. The molecule has 0 amide bonds. The van der Waals surface area contributed by atoms with Crippen molar-refractivity contribution in [1.29, 1.82) is 0 Å². The van der Waals surface area contributed by atoms with Crippen molar-refractivity contribution in [2.24, 2.45) is 0 Å². The third kappa shape index (κ3) is 3.35. The van der Waals surface area contributed by atoms with Gasteiger partial charge in [0.1, 0.15) is 0 Å². The number of hydrogen-bond acceptors (Lipinski definition) is 2. The summed E-state index contributed by atoms with van der Waals surface area (Å²) in [6.07, 6.45) is 0. The predicted molar refractivity (Wildman–Crippen MR) is 76.4 cm³/mol. The molecule has 0 aliphatic rings. The van der Waals surface area contributed by atoms with Gasteiger partial charge < -0.3 is 10.4 Å². The number of anilines is 1. The fourth-order valence-electron chi connectivity index (χ4n) is 1.86. The van der Waals surface area contributed by atoms with E-state index >= 15 is 0 Å². The van der Waals surface area contributed by atoms with E-state index in [2.05, 4.69) is 5.32 Å². The number of carbonyl (C=O) groups is 1. The molecule has 0 bridgehead atoms. The van der Waals surface area contributed by atoms with Crippen molar-refractivity contribution in [1.82, 2.24) is 0 Å². The van der Waals surface area contributed by atoms with Crippen LogP contribution in [0.15, 0.2) is 48.5 Å². The van der Waals surface area contributed by atoms with Crippen LogP contribution < -0.4 is 5.32 Å². The minimum Gasteiger partial charge on any atom is -0.479 e. The Labute approximate surface area is 112 Å². The number of benzene rings is 2. The van der Waals surface area contributed by atoms with E-state index in [9.17, 15) is 9.90 Å². The number of carboxylic acid groups (broad SMARTS) is 1. The van der Waals surface area contributed by atoms with E-state index in [1.165, 1.54) is 0 Å². The summed E-state index contributed by atoms with van der Waals surface area (Å²) in [4.78, 5) is 11.4. The second-order valence-electron chi connectivity index (χ2n) is 4.69. The molecular formula is C16H17NO2. The van der Waals surface area contributed by atoms with Crippen LogP contribution in [-0.4, -0.2) is 11.1 Å². The van der Waals surface area contributed by atoms with E-state index in [-0.39, 0.29) is 0 Å². The second kappa shape index (κ2) is 5.57. The smallest absolute Gasteiger partial charge is 0.330 e. The van der Waals surface area contributed by atoms with Crippen LogP contribution in [0.4, 0.5) is 5.69 Å². The SMILES string of the molecule is Cc1ccc(N[C@@H](C(=O)O)c2ccc(C)cc2)cc1. The lowest BCUT2D eigenvalue weighted by Crippen LogP contribution is -2.20. The summed E-state index contributed by atoms with van der Waals surface area (Å²) < 4.78 is 0. The van der Waals surface area contributed by atoms with Gasteiger partial charge in [0.05, 0.1) is 0 Å². The van der Waals surface area contributed by atoms with Gasteiger partial charge in [-0.1, -0.05) is 47.5 Å². The van der Waals surface area contributed by atoms with E-state index in [4.69, 9.17) is 0 Å². The molecule has 0 aliphatic carbocycles. The van der Waals surface area contributed by atoms with Gasteiger partial charge in [0, 0.05) is 5.69 Å². The molecule has 0 saturated carbocycles. The molecule has 0 aliphatic heterocycles. The Kier molecular flexibility index (Phi) is 3.85. The molecular weight excluding hydrogens is 238 g/mol. The first kappa shape index (κ1) is 13.1. The average Bonchev–Trinajstić information content (AvgIpc) is 2.39. The van der Waals surface area contributed by atoms with Crippen LogP contribution in [0.3, 0.4) is 0 Å². The summed E-state index contributed by atoms with van der Waals surface area (Å²) >= 11 is 0. The first-order chi connectivity index (χ1) is 9.06. The number of aliphatic carboxylic acids is 1. The molecule has 0 spiro atoms. The fourth-order valence-corrected chi connectivity index (χ4v) is 1.86. The molecule has 2 rings (SSSR count). The van der Waals surface area contributed by atoms with Crippen LogP contribution in [0.1, 0.15) is 22.7 Å². The number of rotatable bonds is 4. The number of nitrogens with one attached hydrogen (secondary N) is 1. The van der Waals surface area contributed by atoms with Crippen molar-refractivity contribution in [2.45, 2.75) is 19.9 Å². The zero-order valence-corrected chi connectivity index (χ0v) is 11.1. The molecule has 0 radical (unpaired) electrons. The number of hydrogen-bond donors (Lipinski definition) is 2. The molecule has 0 aromatic heterocycles. The summed E-state index contributed by atoms with van der Waals surface area (Å²) in [7, 11) is 0.